The number of benzene rings is 2. The molecule has 0 atom stereocenters. The summed E-state index contributed by atoms with van der Waals surface area (Å²) in [7, 11) is 1.48. The molecule has 0 aliphatic rings. The van der Waals surface area contributed by atoms with Crippen molar-refractivity contribution in [3.63, 3.8) is 0 Å². The predicted octanol–water partition coefficient (Wildman–Crippen LogP) is 3.56. The Bertz CT molecular complexity index is 716. The molecule has 0 radical (unpaired) electrons. The third-order valence-corrected chi connectivity index (χ3v) is 3.08. The first kappa shape index (κ1) is 15.9. The van der Waals surface area contributed by atoms with Crippen LogP contribution in [0.2, 0.25) is 5.02 Å². The minimum absolute atomic E-state index is 0.181. The second kappa shape index (κ2) is 6.95. The Morgan fingerprint density at radius 2 is 1.73 bits per heavy atom. The van der Waals surface area contributed by atoms with Crippen LogP contribution < -0.4 is 15.4 Å². The molecule has 0 unspecified atom stereocenters. The van der Waals surface area contributed by atoms with Crippen molar-refractivity contribution in [2.45, 2.75) is 6.92 Å². The van der Waals surface area contributed by atoms with Crippen molar-refractivity contribution >= 4 is 34.8 Å². The Morgan fingerprint density at radius 3 is 2.36 bits per heavy atom. The van der Waals surface area contributed by atoms with Crippen LogP contribution in [0.3, 0.4) is 0 Å². The molecule has 5 nitrogen and oxygen atoms in total. The lowest BCUT2D eigenvalue weighted by atomic mass is 10.1. The van der Waals surface area contributed by atoms with Crippen LogP contribution in [0.25, 0.3) is 0 Å². The van der Waals surface area contributed by atoms with Gasteiger partial charge in [0, 0.05) is 23.3 Å². The third-order valence-electron chi connectivity index (χ3n) is 2.85. The van der Waals surface area contributed by atoms with Crippen molar-refractivity contribution in [1.29, 1.82) is 0 Å². The fraction of sp³-hybridized carbons (Fsp3) is 0.125. The van der Waals surface area contributed by atoms with Crippen LogP contribution in [-0.4, -0.2) is 18.9 Å². The van der Waals surface area contributed by atoms with Gasteiger partial charge in [0.25, 0.3) is 5.91 Å². The number of rotatable bonds is 4. The number of halogens is 1. The highest BCUT2D eigenvalue weighted by Crippen LogP contribution is 2.24. The van der Waals surface area contributed by atoms with Gasteiger partial charge in [-0.2, -0.15) is 0 Å². The summed E-state index contributed by atoms with van der Waals surface area (Å²) in [5.41, 5.74) is 1.49. The quantitative estimate of drug-likeness (QED) is 0.905. The second-order valence-corrected chi connectivity index (χ2v) is 5.00. The molecule has 0 aliphatic carbocycles. The van der Waals surface area contributed by atoms with Gasteiger partial charge in [-0.15, -0.1) is 0 Å². The van der Waals surface area contributed by atoms with Crippen molar-refractivity contribution in [3.8, 4) is 5.75 Å². The smallest absolute Gasteiger partial charge is 0.259 e. The van der Waals surface area contributed by atoms with Gasteiger partial charge in [-0.25, -0.2) is 0 Å². The molecule has 0 heterocycles. The zero-order valence-corrected chi connectivity index (χ0v) is 12.9. The SMILES string of the molecule is COc1ccc(Cl)cc1C(=O)Nc1cccc(NC(C)=O)c1. The van der Waals surface area contributed by atoms with Crippen molar-refractivity contribution in [2.75, 3.05) is 17.7 Å². The number of methoxy groups -OCH3 is 1. The molecule has 0 aliphatic heterocycles. The summed E-state index contributed by atoms with van der Waals surface area (Å²) in [6, 6.07) is 11.7. The summed E-state index contributed by atoms with van der Waals surface area (Å²) >= 11 is 5.92. The van der Waals surface area contributed by atoms with Crippen LogP contribution in [-0.2, 0) is 4.79 Å². The monoisotopic (exact) mass is 318 g/mol. The van der Waals surface area contributed by atoms with Crippen molar-refractivity contribution < 1.29 is 14.3 Å². The molecule has 2 N–H and O–H groups in total. The van der Waals surface area contributed by atoms with E-state index in [4.69, 9.17) is 16.3 Å². The van der Waals surface area contributed by atoms with E-state index < -0.39 is 0 Å². The van der Waals surface area contributed by atoms with Crippen LogP contribution >= 0.6 is 11.6 Å². The maximum Gasteiger partial charge on any atom is 0.259 e. The van der Waals surface area contributed by atoms with Gasteiger partial charge in [0.1, 0.15) is 5.75 Å². The fourth-order valence-electron chi connectivity index (χ4n) is 1.93. The number of hydrogen-bond donors (Lipinski definition) is 2. The van der Waals surface area contributed by atoms with E-state index in [9.17, 15) is 9.59 Å². The predicted molar refractivity (Wildman–Crippen MR) is 86.7 cm³/mol. The van der Waals surface area contributed by atoms with E-state index in [1.807, 2.05) is 0 Å². The lowest BCUT2D eigenvalue weighted by Gasteiger charge is -2.11. The van der Waals surface area contributed by atoms with E-state index in [0.717, 1.165) is 0 Å². The van der Waals surface area contributed by atoms with E-state index in [0.29, 0.717) is 27.7 Å². The van der Waals surface area contributed by atoms with Gasteiger partial charge in [0.2, 0.25) is 5.91 Å². The molecule has 114 valence electrons. The van der Waals surface area contributed by atoms with E-state index in [-0.39, 0.29) is 11.8 Å². The van der Waals surface area contributed by atoms with Gasteiger partial charge in [-0.3, -0.25) is 9.59 Å². The lowest BCUT2D eigenvalue weighted by Crippen LogP contribution is -2.13. The maximum absolute atomic E-state index is 12.3. The Labute approximate surface area is 133 Å². The minimum Gasteiger partial charge on any atom is -0.496 e. The molecule has 22 heavy (non-hydrogen) atoms. The topological polar surface area (TPSA) is 67.4 Å². The second-order valence-electron chi connectivity index (χ2n) is 4.56. The molecular formula is C16H15ClN2O3. The molecule has 2 aromatic rings. The molecule has 2 amide bonds. The average Bonchev–Trinajstić information content (AvgIpc) is 2.46. The Hall–Kier alpha value is -2.53. The van der Waals surface area contributed by atoms with Gasteiger partial charge < -0.3 is 15.4 Å². The molecule has 0 bridgehead atoms. The van der Waals surface area contributed by atoms with E-state index in [2.05, 4.69) is 10.6 Å². The summed E-state index contributed by atoms with van der Waals surface area (Å²) in [5, 5.41) is 5.84. The zero-order valence-electron chi connectivity index (χ0n) is 12.1. The summed E-state index contributed by atoms with van der Waals surface area (Å²) in [6.07, 6.45) is 0. The molecule has 6 heteroatoms. The molecular weight excluding hydrogens is 304 g/mol. The first-order chi connectivity index (χ1) is 10.5. The van der Waals surface area contributed by atoms with Gasteiger partial charge >= 0.3 is 0 Å². The Kier molecular flexibility index (Phi) is 5.01. The maximum atomic E-state index is 12.3. The van der Waals surface area contributed by atoms with E-state index in [1.165, 1.54) is 20.1 Å². The van der Waals surface area contributed by atoms with Crippen LogP contribution in [0, 0.1) is 0 Å². The summed E-state index contributed by atoms with van der Waals surface area (Å²) in [6.45, 7) is 1.42. The summed E-state index contributed by atoms with van der Waals surface area (Å²) < 4.78 is 5.16. The van der Waals surface area contributed by atoms with E-state index >= 15 is 0 Å². The van der Waals surface area contributed by atoms with Crippen LogP contribution in [0.15, 0.2) is 42.5 Å². The lowest BCUT2D eigenvalue weighted by molar-refractivity contribution is -0.114. The number of carbonyl (C=O) groups excluding carboxylic acids is 2. The van der Waals surface area contributed by atoms with Crippen molar-refractivity contribution in [3.05, 3.63) is 53.1 Å². The third kappa shape index (κ3) is 3.99. The van der Waals surface area contributed by atoms with Crippen LogP contribution in [0.5, 0.6) is 5.75 Å². The standard InChI is InChI=1S/C16H15ClN2O3/c1-10(20)18-12-4-3-5-13(9-12)19-16(21)14-8-11(17)6-7-15(14)22-2/h3-9H,1-2H3,(H,18,20)(H,19,21). The largest absolute Gasteiger partial charge is 0.496 e. The average molecular weight is 319 g/mol. The zero-order chi connectivity index (χ0) is 16.1. The highest BCUT2D eigenvalue weighted by atomic mass is 35.5. The molecule has 2 rings (SSSR count). The van der Waals surface area contributed by atoms with Crippen molar-refractivity contribution in [2.24, 2.45) is 0 Å². The molecule has 0 saturated heterocycles. The molecule has 0 aromatic heterocycles. The molecule has 0 spiro atoms. The fourth-order valence-corrected chi connectivity index (χ4v) is 2.11. The van der Waals surface area contributed by atoms with Gasteiger partial charge in [-0.1, -0.05) is 17.7 Å². The Morgan fingerprint density at radius 1 is 1.05 bits per heavy atom. The summed E-state index contributed by atoms with van der Waals surface area (Å²) in [4.78, 5) is 23.4. The highest BCUT2D eigenvalue weighted by molar-refractivity contribution is 6.31. The normalized spacial score (nSPS) is 9.95. The van der Waals surface area contributed by atoms with Gasteiger partial charge in [0.05, 0.1) is 12.7 Å². The van der Waals surface area contributed by atoms with E-state index in [1.54, 1.807) is 36.4 Å². The van der Waals surface area contributed by atoms with Crippen LogP contribution in [0.4, 0.5) is 11.4 Å². The minimum atomic E-state index is -0.348. The molecule has 2 aromatic carbocycles. The Balaban J connectivity index is 2.22. The number of hydrogen-bond acceptors (Lipinski definition) is 3. The number of carbonyl (C=O) groups is 2. The van der Waals surface area contributed by atoms with Crippen LogP contribution in [0.1, 0.15) is 17.3 Å². The number of amides is 2. The first-order valence-corrected chi connectivity index (χ1v) is 6.90. The molecule has 0 fully saturated rings. The van der Waals surface area contributed by atoms with Gasteiger partial charge in [0.15, 0.2) is 0 Å². The highest BCUT2D eigenvalue weighted by Gasteiger charge is 2.13. The van der Waals surface area contributed by atoms with Crippen molar-refractivity contribution in [1.82, 2.24) is 0 Å². The number of anilines is 2. The summed E-state index contributed by atoms with van der Waals surface area (Å²) in [5.74, 6) is -0.0979. The van der Waals surface area contributed by atoms with Gasteiger partial charge in [-0.05, 0) is 36.4 Å². The molecule has 0 saturated carbocycles. The number of nitrogens with one attached hydrogen (secondary N) is 2. The number of ether oxygens (including phenoxy) is 1. The first-order valence-electron chi connectivity index (χ1n) is 6.52.